The summed E-state index contributed by atoms with van der Waals surface area (Å²) in [6, 6.07) is 5.54. The fourth-order valence-corrected chi connectivity index (χ4v) is 5.46. The van der Waals surface area contributed by atoms with Crippen LogP contribution in [0, 0.1) is 0 Å². The molecule has 1 aliphatic carbocycles. The van der Waals surface area contributed by atoms with Gasteiger partial charge in [0, 0.05) is 14.1 Å². The molecule has 1 aliphatic heterocycles. The maximum absolute atomic E-state index is 13.1. The van der Waals surface area contributed by atoms with Crippen LogP contribution in [-0.4, -0.2) is 82.8 Å². The summed E-state index contributed by atoms with van der Waals surface area (Å²) in [5.74, 6) is -0.327. The number of aryl methyl sites for hydroxylation is 2. The van der Waals surface area contributed by atoms with E-state index in [9.17, 15) is 18.0 Å². The van der Waals surface area contributed by atoms with Crippen LogP contribution in [0.25, 0.3) is 0 Å². The van der Waals surface area contributed by atoms with Gasteiger partial charge in [-0.25, -0.2) is 8.42 Å². The monoisotopic (exact) mass is 423 g/mol. The molecule has 1 heterocycles. The normalized spacial score (nSPS) is 18.1. The van der Waals surface area contributed by atoms with Crippen molar-refractivity contribution in [1.82, 2.24) is 14.5 Å². The van der Waals surface area contributed by atoms with E-state index in [4.69, 9.17) is 0 Å². The molecular formula is C20H31N4O4S+. The molecule has 1 aromatic rings. The maximum atomic E-state index is 13.1. The molecule has 29 heavy (non-hydrogen) atoms. The summed E-state index contributed by atoms with van der Waals surface area (Å²) in [6.07, 6.45) is 4.25. The third-order valence-electron chi connectivity index (χ3n) is 5.87. The van der Waals surface area contributed by atoms with Gasteiger partial charge in [-0.3, -0.25) is 9.59 Å². The van der Waals surface area contributed by atoms with Gasteiger partial charge in [-0.15, -0.1) is 0 Å². The molecule has 0 aromatic heterocycles. The second-order valence-corrected chi connectivity index (χ2v) is 9.83. The lowest BCUT2D eigenvalue weighted by molar-refractivity contribution is -0.895. The van der Waals surface area contributed by atoms with Crippen molar-refractivity contribution in [2.45, 2.75) is 30.6 Å². The molecule has 9 heteroatoms. The van der Waals surface area contributed by atoms with Crippen LogP contribution >= 0.6 is 0 Å². The number of nitrogens with zero attached hydrogens (tertiary/aromatic N) is 2. The number of benzene rings is 1. The molecule has 160 valence electrons. The van der Waals surface area contributed by atoms with E-state index in [0.29, 0.717) is 31.1 Å². The van der Waals surface area contributed by atoms with E-state index in [1.807, 2.05) is 12.1 Å². The van der Waals surface area contributed by atoms with Gasteiger partial charge in [0.15, 0.2) is 6.54 Å². The molecule has 1 aromatic carbocycles. The van der Waals surface area contributed by atoms with Crippen molar-refractivity contribution in [3.63, 3.8) is 0 Å². The Bertz CT molecular complexity index is 863. The average Bonchev–Trinajstić information content (AvgIpc) is 2.73. The van der Waals surface area contributed by atoms with E-state index < -0.39 is 10.0 Å². The summed E-state index contributed by atoms with van der Waals surface area (Å²) in [6.45, 7) is 2.22. The molecule has 0 bridgehead atoms. The van der Waals surface area contributed by atoms with E-state index in [1.165, 1.54) is 28.2 Å². The van der Waals surface area contributed by atoms with E-state index in [-0.39, 0.29) is 24.9 Å². The lowest BCUT2D eigenvalue weighted by Gasteiger charge is -2.32. The minimum Gasteiger partial charge on any atom is -0.358 e. The van der Waals surface area contributed by atoms with Gasteiger partial charge in [0.05, 0.1) is 37.6 Å². The number of rotatable bonds is 6. The fourth-order valence-electron chi connectivity index (χ4n) is 3.97. The Morgan fingerprint density at radius 3 is 2.45 bits per heavy atom. The molecule has 0 spiro atoms. The first-order valence-corrected chi connectivity index (χ1v) is 11.7. The lowest BCUT2D eigenvalue weighted by atomic mass is 9.92. The lowest BCUT2D eigenvalue weighted by Crippen LogP contribution is -3.15. The highest BCUT2D eigenvalue weighted by Crippen LogP contribution is 2.25. The highest BCUT2D eigenvalue weighted by atomic mass is 32.2. The predicted octanol–water partition coefficient (Wildman–Crippen LogP) is -1.34. The molecule has 2 amide bonds. The molecule has 8 nitrogen and oxygen atoms in total. The Labute approximate surface area is 172 Å². The fraction of sp³-hybridized carbons (Fsp3) is 0.600. The van der Waals surface area contributed by atoms with Gasteiger partial charge < -0.3 is 15.1 Å². The molecule has 0 saturated carbocycles. The number of piperazine rings is 1. The largest absolute Gasteiger partial charge is 0.358 e. The number of sulfonamides is 1. The molecule has 2 N–H and O–H groups in total. The summed E-state index contributed by atoms with van der Waals surface area (Å²) in [5.41, 5.74) is 2.43. The average molecular weight is 424 g/mol. The first-order chi connectivity index (χ1) is 13.8. The zero-order valence-corrected chi connectivity index (χ0v) is 18.1. The SMILES string of the molecule is CNC(=O)CN(C)C(=O)C[NH+]1CCN(S(=O)(=O)c2ccc3c(c2)CCCC3)CC1. The molecule has 0 radical (unpaired) electrons. The van der Waals surface area contributed by atoms with Gasteiger partial charge in [-0.1, -0.05) is 6.07 Å². The summed E-state index contributed by atoms with van der Waals surface area (Å²) >= 11 is 0. The Morgan fingerprint density at radius 2 is 1.79 bits per heavy atom. The van der Waals surface area contributed by atoms with Crippen molar-refractivity contribution >= 4 is 21.8 Å². The molecule has 2 aliphatic rings. The third-order valence-corrected chi connectivity index (χ3v) is 7.77. The van der Waals surface area contributed by atoms with Crippen LogP contribution < -0.4 is 10.2 Å². The van der Waals surface area contributed by atoms with Gasteiger partial charge in [-0.2, -0.15) is 4.31 Å². The maximum Gasteiger partial charge on any atom is 0.277 e. The topological polar surface area (TPSA) is 91.2 Å². The highest BCUT2D eigenvalue weighted by Gasteiger charge is 2.32. The summed E-state index contributed by atoms with van der Waals surface area (Å²) in [7, 11) is -0.370. The van der Waals surface area contributed by atoms with Crippen molar-refractivity contribution < 1.29 is 22.9 Å². The molecule has 0 unspecified atom stereocenters. The number of hydrogen-bond donors (Lipinski definition) is 2. The van der Waals surface area contributed by atoms with Crippen LogP contribution in [0.4, 0.5) is 0 Å². The van der Waals surface area contributed by atoms with Crippen LogP contribution in [-0.2, 0) is 32.5 Å². The Balaban J connectivity index is 1.57. The number of fused-ring (bicyclic) bond motifs is 1. The second-order valence-electron chi connectivity index (χ2n) is 7.89. The number of carbonyl (C=O) groups is 2. The first kappa shape index (κ1) is 21.7. The van der Waals surface area contributed by atoms with Crippen molar-refractivity contribution in [3.8, 4) is 0 Å². The van der Waals surface area contributed by atoms with Crippen molar-refractivity contribution in [1.29, 1.82) is 0 Å². The molecular weight excluding hydrogens is 392 g/mol. The molecule has 1 saturated heterocycles. The van der Waals surface area contributed by atoms with Gasteiger partial charge >= 0.3 is 0 Å². The number of hydrogen-bond acceptors (Lipinski definition) is 4. The van der Waals surface area contributed by atoms with E-state index in [2.05, 4.69) is 5.32 Å². The molecule has 0 atom stereocenters. The van der Waals surface area contributed by atoms with Crippen molar-refractivity contribution in [3.05, 3.63) is 29.3 Å². The number of quaternary nitrogens is 1. The highest BCUT2D eigenvalue weighted by molar-refractivity contribution is 7.89. The van der Waals surface area contributed by atoms with Crippen molar-refractivity contribution in [2.24, 2.45) is 0 Å². The Kier molecular flexibility index (Phi) is 6.92. The number of carbonyl (C=O) groups excluding carboxylic acids is 2. The van der Waals surface area contributed by atoms with Crippen LogP contribution in [0.5, 0.6) is 0 Å². The number of amides is 2. The molecule has 3 rings (SSSR count). The quantitative estimate of drug-likeness (QED) is 0.593. The van der Waals surface area contributed by atoms with Crippen LogP contribution in [0.2, 0.25) is 0 Å². The summed E-state index contributed by atoms with van der Waals surface area (Å²) in [5, 5.41) is 2.50. The van der Waals surface area contributed by atoms with Gasteiger partial charge in [0.2, 0.25) is 15.9 Å². The number of likely N-dealkylation sites (N-methyl/N-ethyl adjacent to an activating group) is 2. The van der Waals surface area contributed by atoms with Crippen LogP contribution in [0.1, 0.15) is 24.0 Å². The predicted molar refractivity (Wildman–Crippen MR) is 109 cm³/mol. The Morgan fingerprint density at radius 1 is 1.14 bits per heavy atom. The summed E-state index contributed by atoms with van der Waals surface area (Å²) in [4.78, 5) is 26.5. The van der Waals surface area contributed by atoms with Crippen molar-refractivity contribution in [2.75, 3.05) is 53.4 Å². The minimum atomic E-state index is -3.51. The second kappa shape index (κ2) is 9.23. The number of nitrogens with one attached hydrogen (secondary N) is 2. The van der Waals surface area contributed by atoms with E-state index in [0.717, 1.165) is 29.7 Å². The van der Waals surface area contributed by atoms with Gasteiger partial charge in [0.1, 0.15) is 0 Å². The van der Waals surface area contributed by atoms with Crippen LogP contribution in [0.15, 0.2) is 23.1 Å². The molecule has 1 fully saturated rings. The minimum absolute atomic E-state index is 0.0292. The third kappa shape index (κ3) is 5.15. The first-order valence-electron chi connectivity index (χ1n) is 10.2. The zero-order valence-electron chi connectivity index (χ0n) is 17.2. The smallest absolute Gasteiger partial charge is 0.277 e. The zero-order chi connectivity index (χ0) is 21.0. The van der Waals surface area contributed by atoms with Gasteiger partial charge in [-0.05, 0) is 48.9 Å². The van der Waals surface area contributed by atoms with Crippen LogP contribution in [0.3, 0.4) is 0 Å². The van der Waals surface area contributed by atoms with E-state index in [1.54, 1.807) is 13.1 Å². The standard InChI is InChI=1S/C20H30N4O4S/c1-21-19(25)14-22(2)20(26)15-23-9-11-24(12-10-23)29(27,28)18-8-7-16-5-3-4-6-17(16)13-18/h7-8,13H,3-6,9-12,14-15H2,1-2H3,(H,21,25)/p+1. The summed E-state index contributed by atoms with van der Waals surface area (Å²) < 4.78 is 27.7. The van der Waals surface area contributed by atoms with Gasteiger partial charge in [0.25, 0.3) is 5.91 Å². The van der Waals surface area contributed by atoms with E-state index >= 15 is 0 Å². The Hall–Kier alpha value is -1.97.